The molecule has 0 bridgehead atoms. The number of nitrogens with zero attached hydrogens (tertiary/aromatic N) is 2. The molecule has 2 N–H and O–H groups in total. The molecule has 0 aliphatic heterocycles. The van der Waals surface area contributed by atoms with Gasteiger partial charge in [-0.2, -0.15) is 0 Å². The number of pyridine rings is 1. The van der Waals surface area contributed by atoms with Crippen molar-refractivity contribution in [3.8, 4) is 0 Å². The first-order valence-electron chi connectivity index (χ1n) is 8.82. The van der Waals surface area contributed by atoms with Crippen LogP contribution in [0.3, 0.4) is 0 Å². The summed E-state index contributed by atoms with van der Waals surface area (Å²) in [7, 11) is 0. The molecule has 138 valence electrons. The number of hydrogen-bond acceptors (Lipinski definition) is 3. The van der Waals surface area contributed by atoms with Gasteiger partial charge < -0.3 is 10.6 Å². The fourth-order valence-electron chi connectivity index (χ4n) is 2.98. The lowest BCUT2D eigenvalue weighted by molar-refractivity contribution is 0.0947. The van der Waals surface area contributed by atoms with Crippen LogP contribution in [-0.4, -0.2) is 27.7 Å². The van der Waals surface area contributed by atoms with E-state index >= 15 is 0 Å². The summed E-state index contributed by atoms with van der Waals surface area (Å²) in [6, 6.07) is 11.3. The van der Waals surface area contributed by atoms with E-state index in [4.69, 9.17) is 0 Å². The van der Waals surface area contributed by atoms with Crippen LogP contribution in [0.2, 0.25) is 0 Å². The van der Waals surface area contributed by atoms with Gasteiger partial charge in [-0.1, -0.05) is 37.3 Å². The van der Waals surface area contributed by atoms with Crippen LogP contribution in [0.1, 0.15) is 39.2 Å². The van der Waals surface area contributed by atoms with E-state index in [1.54, 1.807) is 28.8 Å². The molecule has 2 amide bonds. The van der Waals surface area contributed by atoms with E-state index < -0.39 is 0 Å². The van der Waals surface area contributed by atoms with Crippen molar-refractivity contribution in [2.75, 3.05) is 11.9 Å². The normalized spacial score (nSPS) is 10.6. The van der Waals surface area contributed by atoms with Crippen molar-refractivity contribution in [2.45, 2.75) is 20.3 Å². The molecule has 2 heterocycles. The van der Waals surface area contributed by atoms with Crippen molar-refractivity contribution in [1.29, 1.82) is 0 Å². The number of benzene rings is 1. The van der Waals surface area contributed by atoms with Crippen molar-refractivity contribution in [3.63, 3.8) is 0 Å². The van der Waals surface area contributed by atoms with E-state index in [1.165, 1.54) is 0 Å². The van der Waals surface area contributed by atoms with Gasteiger partial charge in [0, 0.05) is 18.4 Å². The number of amides is 2. The molecule has 0 atom stereocenters. The highest BCUT2D eigenvalue weighted by atomic mass is 16.2. The second kappa shape index (κ2) is 7.86. The number of carbonyl (C=O) groups excluding carboxylic acids is 2. The Morgan fingerprint density at radius 1 is 1.19 bits per heavy atom. The first-order chi connectivity index (χ1) is 13.1. The number of para-hydroxylation sites is 1. The van der Waals surface area contributed by atoms with Gasteiger partial charge in [-0.25, -0.2) is 4.98 Å². The number of nitrogens with one attached hydrogen (secondary N) is 2. The molecule has 6 nitrogen and oxygen atoms in total. The van der Waals surface area contributed by atoms with Crippen LogP contribution < -0.4 is 10.6 Å². The number of carbonyl (C=O) groups is 2. The van der Waals surface area contributed by atoms with Crippen LogP contribution in [0.25, 0.3) is 5.52 Å². The lowest BCUT2D eigenvalue weighted by atomic mass is 10.1. The molecule has 0 aliphatic rings. The van der Waals surface area contributed by atoms with Crippen molar-refractivity contribution >= 4 is 23.0 Å². The summed E-state index contributed by atoms with van der Waals surface area (Å²) in [4.78, 5) is 29.7. The standard InChI is InChI=1S/C21H22N4O2/c1-4-12-22-21(27)19-23-18(16-11-6-7-13-25(16)19)20(26)24-17-14(3)9-8-10-15(17)5-2/h4,6-11,13H,1,5,12H2,2-3H3,(H,22,27)(H,24,26). The molecular formula is C21H22N4O2. The van der Waals surface area contributed by atoms with Gasteiger partial charge >= 0.3 is 0 Å². The van der Waals surface area contributed by atoms with Gasteiger partial charge in [-0.05, 0) is 36.6 Å². The summed E-state index contributed by atoms with van der Waals surface area (Å²) >= 11 is 0. The molecule has 0 saturated heterocycles. The molecule has 0 saturated carbocycles. The zero-order valence-corrected chi connectivity index (χ0v) is 15.5. The Kier molecular flexibility index (Phi) is 5.35. The quantitative estimate of drug-likeness (QED) is 0.660. The van der Waals surface area contributed by atoms with Crippen LogP contribution in [-0.2, 0) is 6.42 Å². The number of hydrogen-bond donors (Lipinski definition) is 2. The van der Waals surface area contributed by atoms with Gasteiger partial charge in [0.15, 0.2) is 5.69 Å². The third kappa shape index (κ3) is 3.60. The zero-order chi connectivity index (χ0) is 19.4. The Morgan fingerprint density at radius 2 is 2.00 bits per heavy atom. The zero-order valence-electron chi connectivity index (χ0n) is 15.5. The summed E-state index contributed by atoms with van der Waals surface area (Å²) in [6.45, 7) is 7.90. The van der Waals surface area contributed by atoms with Crippen LogP contribution in [0.15, 0.2) is 55.3 Å². The largest absolute Gasteiger partial charge is 0.346 e. The fourth-order valence-corrected chi connectivity index (χ4v) is 2.98. The molecule has 0 aliphatic carbocycles. The summed E-state index contributed by atoms with van der Waals surface area (Å²) in [5.41, 5.74) is 3.61. The number of aromatic nitrogens is 2. The SMILES string of the molecule is C=CCNC(=O)c1nc(C(=O)Nc2c(C)cccc2CC)c2ccccn12. The maximum Gasteiger partial charge on any atom is 0.287 e. The van der Waals surface area contributed by atoms with Gasteiger partial charge in [0.05, 0.1) is 5.52 Å². The molecule has 27 heavy (non-hydrogen) atoms. The van der Waals surface area contributed by atoms with Gasteiger partial charge in [-0.3, -0.25) is 14.0 Å². The predicted molar refractivity (Wildman–Crippen MR) is 106 cm³/mol. The van der Waals surface area contributed by atoms with Gasteiger partial charge in [0.1, 0.15) is 0 Å². The Balaban J connectivity index is 2.01. The summed E-state index contributed by atoms with van der Waals surface area (Å²) in [6.07, 6.45) is 4.11. The van der Waals surface area contributed by atoms with Crippen molar-refractivity contribution in [3.05, 3.63) is 77.9 Å². The average molecular weight is 362 g/mol. The predicted octanol–water partition coefficient (Wildman–Crippen LogP) is 3.37. The molecule has 3 aromatic rings. The van der Waals surface area contributed by atoms with Crippen molar-refractivity contribution in [2.24, 2.45) is 0 Å². The van der Waals surface area contributed by atoms with Gasteiger partial charge in [-0.15, -0.1) is 6.58 Å². The highest BCUT2D eigenvalue weighted by Gasteiger charge is 2.22. The van der Waals surface area contributed by atoms with Crippen LogP contribution in [0, 0.1) is 6.92 Å². The highest BCUT2D eigenvalue weighted by Crippen LogP contribution is 2.23. The number of anilines is 1. The Morgan fingerprint density at radius 3 is 2.74 bits per heavy atom. The number of imidazole rings is 1. The van der Waals surface area contributed by atoms with E-state index in [9.17, 15) is 9.59 Å². The van der Waals surface area contributed by atoms with E-state index in [0.29, 0.717) is 12.1 Å². The molecular weight excluding hydrogens is 340 g/mol. The molecule has 0 radical (unpaired) electrons. The van der Waals surface area contributed by atoms with E-state index in [2.05, 4.69) is 22.2 Å². The Labute approximate surface area is 157 Å². The second-order valence-electron chi connectivity index (χ2n) is 6.16. The maximum atomic E-state index is 13.0. The Bertz CT molecular complexity index is 1020. The van der Waals surface area contributed by atoms with Crippen LogP contribution >= 0.6 is 0 Å². The number of aryl methyl sites for hydroxylation is 2. The van der Waals surface area contributed by atoms with Crippen LogP contribution in [0.5, 0.6) is 0 Å². The Hall–Kier alpha value is -3.41. The molecule has 2 aromatic heterocycles. The molecule has 6 heteroatoms. The topological polar surface area (TPSA) is 75.5 Å². The number of fused-ring (bicyclic) bond motifs is 1. The maximum absolute atomic E-state index is 13.0. The molecule has 0 fully saturated rings. The second-order valence-corrected chi connectivity index (χ2v) is 6.16. The molecule has 1 aromatic carbocycles. The van der Waals surface area contributed by atoms with E-state index in [1.807, 2.05) is 38.1 Å². The lowest BCUT2D eigenvalue weighted by Crippen LogP contribution is -2.25. The van der Waals surface area contributed by atoms with Crippen molar-refractivity contribution in [1.82, 2.24) is 14.7 Å². The summed E-state index contributed by atoms with van der Waals surface area (Å²) in [5, 5.41) is 5.67. The summed E-state index contributed by atoms with van der Waals surface area (Å²) in [5.74, 6) is -0.538. The molecule has 0 spiro atoms. The lowest BCUT2D eigenvalue weighted by Gasteiger charge is -2.12. The fraction of sp³-hybridized carbons (Fsp3) is 0.190. The molecule has 0 unspecified atom stereocenters. The van der Waals surface area contributed by atoms with Gasteiger partial charge in [0.25, 0.3) is 11.8 Å². The summed E-state index contributed by atoms with van der Waals surface area (Å²) < 4.78 is 1.62. The first-order valence-corrected chi connectivity index (χ1v) is 8.82. The monoisotopic (exact) mass is 362 g/mol. The van der Waals surface area contributed by atoms with Gasteiger partial charge in [0.2, 0.25) is 5.82 Å². The van der Waals surface area contributed by atoms with E-state index in [-0.39, 0.29) is 23.3 Å². The third-order valence-electron chi connectivity index (χ3n) is 4.35. The minimum Gasteiger partial charge on any atom is -0.346 e. The van der Waals surface area contributed by atoms with Crippen LogP contribution in [0.4, 0.5) is 5.69 Å². The smallest absolute Gasteiger partial charge is 0.287 e. The third-order valence-corrected chi connectivity index (χ3v) is 4.35. The van der Waals surface area contributed by atoms with E-state index in [0.717, 1.165) is 23.2 Å². The minimum atomic E-state index is -0.361. The molecule has 3 rings (SSSR count). The number of rotatable bonds is 6. The first kappa shape index (κ1) is 18.4. The minimum absolute atomic E-state index is 0.165. The highest BCUT2D eigenvalue weighted by molar-refractivity contribution is 6.09. The van der Waals surface area contributed by atoms with Crippen molar-refractivity contribution < 1.29 is 9.59 Å². The average Bonchev–Trinajstić information content (AvgIpc) is 3.07.